The van der Waals surface area contributed by atoms with Crippen molar-refractivity contribution in [1.29, 1.82) is 0 Å². The van der Waals surface area contributed by atoms with E-state index >= 15 is 0 Å². The molecule has 0 fully saturated rings. The molecule has 1 heterocycles. The highest BCUT2D eigenvalue weighted by Gasteiger charge is 2.27. The molecule has 10 nitrogen and oxygen atoms in total. The molecule has 0 spiro atoms. The zero-order chi connectivity index (χ0) is 22.1. The molecule has 0 radical (unpaired) electrons. The third kappa shape index (κ3) is 8.27. The number of oxime groups is 2. The zero-order valence-corrected chi connectivity index (χ0v) is 18.2. The summed E-state index contributed by atoms with van der Waals surface area (Å²) in [6.07, 6.45) is 1.78. The van der Waals surface area contributed by atoms with Crippen molar-refractivity contribution < 1.29 is 29.8 Å². The summed E-state index contributed by atoms with van der Waals surface area (Å²) >= 11 is 0. The molecule has 0 aromatic carbocycles. The van der Waals surface area contributed by atoms with Crippen molar-refractivity contribution in [2.45, 2.75) is 71.2 Å². The number of aliphatic hydroxyl groups excluding tert-OH is 1. The van der Waals surface area contributed by atoms with E-state index in [1.807, 2.05) is 33.8 Å². The van der Waals surface area contributed by atoms with Crippen LogP contribution in [0.15, 0.2) is 22.1 Å². The lowest BCUT2D eigenvalue weighted by molar-refractivity contribution is 0.00732. The Kier molecular flexibility index (Phi) is 10.0. The van der Waals surface area contributed by atoms with Crippen molar-refractivity contribution in [1.82, 2.24) is 10.8 Å². The fourth-order valence-electron chi connectivity index (χ4n) is 2.46. The largest absolute Gasteiger partial charge is 0.490 e. The number of aliphatic hydroxyl groups is 1. The highest BCUT2D eigenvalue weighted by molar-refractivity contribution is 5.93. The van der Waals surface area contributed by atoms with Gasteiger partial charge in [-0.2, -0.15) is 5.48 Å². The molecule has 0 aromatic heterocycles. The van der Waals surface area contributed by atoms with Crippen LogP contribution in [0.2, 0.25) is 0 Å². The van der Waals surface area contributed by atoms with Crippen LogP contribution in [0.4, 0.5) is 0 Å². The van der Waals surface area contributed by atoms with Gasteiger partial charge in [0.15, 0.2) is 0 Å². The zero-order valence-electron chi connectivity index (χ0n) is 18.2. The van der Waals surface area contributed by atoms with Gasteiger partial charge >= 0.3 is 0 Å². The quantitative estimate of drug-likeness (QED) is 0.132. The maximum absolute atomic E-state index is 9.54. The summed E-state index contributed by atoms with van der Waals surface area (Å²) < 4.78 is 11.2. The Morgan fingerprint density at radius 3 is 2.52 bits per heavy atom. The number of hydroxylamine groups is 1. The van der Waals surface area contributed by atoms with E-state index in [1.54, 1.807) is 13.8 Å². The van der Waals surface area contributed by atoms with E-state index in [-0.39, 0.29) is 19.3 Å². The van der Waals surface area contributed by atoms with Crippen LogP contribution in [-0.4, -0.2) is 76.6 Å². The van der Waals surface area contributed by atoms with Gasteiger partial charge in [-0.1, -0.05) is 10.3 Å². The average molecular weight is 417 g/mol. The van der Waals surface area contributed by atoms with Crippen molar-refractivity contribution in [2.24, 2.45) is 10.3 Å². The average Bonchev–Trinajstić information content (AvgIpc) is 3.13. The van der Waals surface area contributed by atoms with Gasteiger partial charge < -0.3 is 30.3 Å². The maximum atomic E-state index is 9.54. The van der Waals surface area contributed by atoms with E-state index in [2.05, 4.69) is 21.1 Å². The Bertz CT molecular complexity index is 602. The van der Waals surface area contributed by atoms with Gasteiger partial charge in [0.25, 0.3) is 0 Å². The van der Waals surface area contributed by atoms with Crippen molar-refractivity contribution in [3.05, 3.63) is 11.8 Å². The Balaban J connectivity index is 2.34. The Morgan fingerprint density at radius 2 is 1.97 bits per heavy atom. The first-order valence-corrected chi connectivity index (χ1v) is 9.69. The summed E-state index contributed by atoms with van der Waals surface area (Å²) in [5, 5.41) is 37.6. The molecular weight excluding hydrogens is 380 g/mol. The fourth-order valence-corrected chi connectivity index (χ4v) is 2.46. The molecule has 10 heteroatoms. The molecule has 1 aliphatic heterocycles. The minimum atomic E-state index is -0.622. The predicted octanol–water partition coefficient (Wildman–Crippen LogP) is 1.40. The first kappa shape index (κ1) is 25.3. The van der Waals surface area contributed by atoms with Crippen LogP contribution < -0.4 is 10.8 Å². The van der Waals surface area contributed by atoms with E-state index < -0.39 is 17.2 Å². The van der Waals surface area contributed by atoms with Gasteiger partial charge in [0.05, 0.1) is 36.1 Å². The first-order chi connectivity index (χ1) is 13.5. The van der Waals surface area contributed by atoms with E-state index in [9.17, 15) is 10.3 Å². The number of rotatable bonds is 13. The smallest absolute Gasteiger partial charge is 0.127 e. The molecule has 0 amide bonds. The number of nitrogens with one attached hydrogen (secondary N) is 2. The third-order valence-corrected chi connectivity index (χ3v) is 4.90. The van der Waals surface area contributed by atoms with E-state index in [1.165, 1.54) is 0 Å². The van der Waals surface area contributed by atoms with Gasteiger partial charge in [0.1, 0.15) is 24.2 Å². The maximum Gasteiger partial charge on any atom is 0.127 e. The topological polar surface area (TPSA) is 137 Å². The van der Waals surface area contributed by atoms with Crippen LogP contribution in [0.3, 0.4) is 0 Å². The summed E-state index contributed by atoms with van der Waals surface area (Å²) in [7, 11) is 0. The normalized spacial score (nSPS) is 19.8. The second-order valence-corrected chi connectivity index (χ2v) is 8.16. The van der Waals surface area contributed by atoms with Crippen LogP contribution in [0.5, 0.6) is 0 Å². The van der Waals surface area contributed by atoms with Crippen LogP contribution >= 0.6 is 0 Å². The second kappa shape index (κ2) is 11.5. The highest BCUT2D eigenvalue weighted by Crippen LogP contribution is 2.20. The Hall–Kier alpha value is -1.72. The molecule has 0 bridgehead atoms. The minimum absolute atomic E-state index is 0.120. The van der Waals surface area contributed by atoms with E-state index in [4.69, 9.17) is 19.5 Å². The van der Waals surface area contributed by atoms with Crippen LogP contribution in [0, 0.1) is 0 Å². The van der Waals surface area contributed by atoms with Crippen molar-refractivity contribution >= 4 is 11.4 Å². The Labute approximate surface area is 172 Å². The molecule has 168 valence electrons. The van der Waals surface area contributed by atoms with E-state index in [0.717, 1.165) is 0 Å². The molecular formula is C19H36N4O6. The lowest BCUT2D eigenvalue weighted by Crippen LogP contribution is -2.51. The number of hydrogen-bond acceptors (Lipinski definition) is 10. The SMILES string of the molecule is C/C(=N\O)C(C)(C)NOCCNC(C)(C)/C(COCC1=CCC([C@@H](C)O)O1)=N/O. The van der Waals surface area contributed by atoms with Gasteiger partial charge in [-0.3, -0.25) is 4.84 Å². The van der Waals surface area contributed by atoms with Crippen LogP contribution in [0.1, 0.15) is 48.0 Å². The number of hydrogen-bond donors (Lipinski definition) is 5. The summed E-state index contributed by atoms with van der Waals surface area (Å²) in [5.41, 5.74) is 2.55. The van der Waals surface area contributed by atoms with Gasteiger partial charge in [-0.25, -0.2) is 0 Å². The van der Waals surface area contributed by atoms with Crippen LogP contribution in [0.25, 0.3) is 0 Å². The van der Waals surface area contributed by atoms with Gasteiger partial charge in [0, 0.05) is 13.0 Å². The molecule has 29 heavy (non-hydrogen) atoms. The van der Waals surface area contributed by atoms with Gasteiger partial charge in [0.2, 0.25) is 0 Å². The number of nitrogens with zero attached hydrogens (tertiary/aromatic N) is 2. The molecule has 0 saturated carbocycles. The minimum Gasteiger partial charge on any atom is -0.490 e. The predicted molar refractivity (Wildman–Crippen MR) is 109 cm³/mol. The summed E-state index contributed by atoms with van der Waals surface area (Å²) in [5.74, 6) is 0.669. The lowest BCUT2D eigenvalue weighted by Gasteiger charge is -2.28. The molecule has 2 atom stereocenters. The van der Waals surface area contributed by atoms with Gasteiger partial charge in [-0.05, 0) is 47.6 Å². The molecule has 1 aliphatic rings. The first-order valence-electron chi connectivity index (χ1n) is 9.69. The molecule has 0 aliphatic carbocycles. The molecule has 0 saturated heterocycles. The van der Waals surface area contributed by atoms with Crippen molar-refractivity contribution in [2.75, 3.05) is 26.4 Å². The Morgan fingerprint density at radius 1 is 1.28 bits per heavy atom. The van der Waals surface area contributed by atoms with Crippen molar-refractivity contribution in [3.8, 4) is 0 Å². The monoisotopic (exact) mass is 416 g/mol. The molecule has 1 rings (SSSR count). The summed E-state index contributed by atoms with van der Waals surface area (Å²) in [4.78, 5) is 5.43. The highest BCUT2D eigenvalue weighted by atomic mass is 16.6. The lowest BCUT2D eigenvalue weighted by atomic mass is 9.99. The summed E-state index contributed by atoms with van der Waals surface area (Å²) in [6, 6.07) is 0. The van der Waals surface area contributed by atoms with E-state index in [0.29, 0.717) is 36.8 Å². The standard InChI is InChI=1S/C19H36N4O6/c1-13(24)16-8-7-15(29-16)11-27-12-17(22-26)19(5,6)20-9-10-28-23-18(3,4)14(2)21-25/h7,13,16,20,23-26H,8-12H2,1-6H3/b21-14+,22-17+/t13-,16?/m1/s1. The fraction of sp³-hybridized carbons (Fsp3) is 0.789. The molecule has 5 N–H and O–H groups in total. The summed E-state index contributed by atoms with van der Waals surface area (Å²) in [6.45, 7) is 12.0. The van der Waals surface area contributed by atoms with Crippen molar-refractivity contribution in [3.63, 3.8) is 0 Å². The molecule has 0 aromatic rings. The second-order valence-electron chi connectivity index (χ2n) is 8.16. The van der Waals surface area contributed by atoms with Gasteiger partial charge in [-0.15, -0.1) is 0 Å². The van der Waals surface area contributed by atoms with Crippen LogP contribution in [-0.2, 0) is 14.3 Å². The molecule has 1 unspecified atom stereocenters. The number of ether oxygens (including phenoxy) is 2. The third-order valence-electron chi connectivity index (χ3n) is 4.90.